The lowest BCUT2D eigenvalue weighted by atomic mass is 9.86. The molecule has 4 saturated heterocycles. The summed E-state index contributed by atoms with van der Waals surface area (Å²) in [6.07, 6.45) is -13.4. The Kier molecular flexibility index (Phi) is 11.7. The molecule has 4 aliphatic heterocycles. The largest absolute Gasteiger partial charge is 0.478 e. The van der Waals surface area contributed by atoms with Crippen LogP contribution >= 0.6 is 0 Å². The maximum absolute atomic E-state index is 14.2. The van der Waals surface area contributed by atoms with Crippen LogP contribution in [0.4, 0.5) is 0 Å². The molecule has 0 unspecified atom stereocenters. The van der Waals surface area contributed by atoms with E-state index in [-0.39, 0.29) is 0 Å². The number of carbonyl (C=O) groups is 7. The third-order valence-corrected chi connectivity index (χ3v) is 8.11. The third-order valence-electron chi connectivity index (χ3n) is 8.11. The van der Waals surface area contributed by atoms with Gasteiger partial charge in [-0.15, -0.1) is 0 Å². The number of fused-ring (bicyclic) bond motifs is 3. The van der Waals surface area contributed by atoms with Gasteiger partial charge in [0.15, 0.2) is 36.2 Å². The monoisotopic (exact) mass is 732 g/mol. The summed E-state index contributed by atoms with van der Waals surface area (Å²) in [5.74, 6) is -9.69. The van der Waals surface area contributed by atoms with E-state index in [1.165, 1.54) is 0 Å². The molecule has 0 aromatic carbocycles. The molecule has 4 rings (SSSR count). The number of aliphatic carboxylic acids is 1. The van der Waals surface area contributed by atoms with Crippen LogP contribution in [0.25, 0.3) is 0 Å². The van der Waals surface area contributed by atoms with Crippen molar-refractivity contribution >= 4 is 41.7 Å². The number of amides is 2. The Morgan fingerprint density at radius 1 is 0.765 bits per heavy atom. The first-order valence-corrected chi connectivity index (χ1v) is 16.0. The molecule has 0 aromatic rings. The van der Waals surface area contributed by atoms with Gasteiger partial charge >= 0.3 is 29.8 Å². The lowest BCUT2D eigenvalue weighted by Crippen LogP contribution is -2.73. The third kappa shape index (κ3) is 9.29. The van der Waals surface area contributed by atoms with E-state index >= 15 is 0 Å². The molecule has 11 atom stereocenters. The summed E-state index contributed by atoms with van der Waals surface area (Å²) in [7, 11) is 0. The minimum absolute atomic E-state index is 0.720. The maximum atomic E-state index is 14.2. The van der Waals surface area contributed by atoms with E-state index in [1.54, 1.807) is 27.7 Å². The zero-order valence-corrected chi connectivity index (χ0v) is 29.6. The van der Waals surface area contributed by atoms with Crippen LogP contribution in [-0.2, 0) is 80.9 Å². The van der Waals surface area contributed by atoms with Gasteiger partial charge in [-0.1, -0.05) is 0 Å². The quantitative estimate of drug-likeness (QED) is 0.169. The van der Waals surface area contributed by atoms with Gasteiger partial charge in [-0.05, 0) is 27.7 Å². The number of nitrogens with one attached hydrogen (secondary N) is 2. The van der Waals surface area contributed by atoms with Crippen LogP contribution in [0.1, 0.15) is 68.7 Å². The first kappa shape index (κ1) is 39.8. The van der Waals surface area contributed by atoms with Gasteiger partial charge in [0.05, 0.1) is 6.04 Å². The van der Waals surface area contributed by atoms with Crippen LogP contribution in [0.5, 0.6) is 0 Å². The average molecular weight is 733 g/mol. The van der Waals surface area contributed by atoms with Gasteiger partial charge < -0.3 is 63.1 Å². The van der Waals surface area contributed by atoms with Gasteiger partial charge in [-0.3, -0.25) is 28.8 Å². The minimum Gasteiger partial charge on any atom is -0.478 e. The van der Waals surface area contributed by atoms with E-state index in [9.17, 15) is 38.7 Å². The Balaban J connectivity index is 1.79. The highest BCUT2D eigenvalue weighted by atomic mass is 16.9. The van der Waals surface area contributed by atoms with Crippen molar-refractivity contribution in [2.45, 2.75) is 147 Å². The molecule has 0 saturated carbocycles. The molecule has 4 fully saturated rings. The summed E-state index contributed by atoms with van der Waals surface area (Å²) in [6, 6.07) is -1.50. The molecule has 0 aromatic heterocycles. The van der Waals surface area contributed by atoms with Gasteiger partial charge in [0.25, 0.3) is 5.91 Å². The van der Waals surface area contributed by atoms with Gasteiger partial charge in [0, 0.05) is 41.0 Å². The lowest BCUT2D eigenvalue weighted by Gasteiger charge is -2.49. The molecule has 0 spiro atoms. The van der Waals surface area contributed by atoms with Crippen molar-refractivity contribution in [3.05, 3.63) is 0 Å². The fraction of sp³-hybridized carbons (Fsp3) is 0.774. The zero-order valence-electron chi connectivity index (χ0n) is 29.6. The fourth-order valence-corrected chi connectivity index (χ4v) is 6.50. The molecular formula is C31H44N2O18. The van der Waals surface area contributed by atoms with Gasteiger partial charge in [-0.2, -0.15) is 0 Å². The topological polar surface area (TPSA) is 256 Å². The molecule has 0 radical (unpaired) electrons. The standard InChI is InChI=1S/C31H44N2O18/c1-12(34)32-19-17(43-14(3)36)10-31(28(40)41,50-21(19)20(45-16(5)38)18(44-15(4)37)11-42-13(2)35)33-26(39)24-22-23(48-29(6,7)47-22)25-27(46-24)51-30(8,9)49-25/h17-25,27H,10-11H2,1-9H3,(H,32,34)(H,33,39)(H,40,41)/t17-,18+,19+,20+,21+,22+,23-,24-,25+,27+,31+/m0/s1. The van der Waals surface area contributed by atoms with Crippen LogP contribution in [0.15, 0.2) is 0 Å². The van der Waals surface area contributed by atoms with Gasteiger partial charge in [0.2, 0.25) is 11.6 Å². The predicted octanol–water partition coefficient (Wildman–Crippen LogP) is -1.07. The summed E-state index contributed by atoms with van der Waals surface area (Å²) in [4.78, 5) is 88.6. The Morgan fingerprint density at radius 2 is 1.35 bits per heavy atom. The van der Waals surface area contributed by atoms with E-state index in [4.69, 9.17) is 47.4 Å². The van der Waals surface area contributed by atoms with Gasteiger partial charge in [-0.25, -0.2) is 4.79 Å². The van der Waals surface area contributed by atoms with E-state index in [0.29, 0.717) is 0 Å². The van der Waals surface area contributed by atoms with Crippen molar-refractivity contribution in [3.63, 3.8) is 0 Å². The molecule has 20 nitrogen and oxygen atoms in total. The number of hydrogen-bond donors (Lipinski definition) is 3. The first-order valence-electron chi connectivity index (χ1n) is 16.0. The number of hydrogen-bond acceptors (Lipinski definition) is 17. The average Bonchev–Trinajstić information content (AvgIpc) is 3.47. The Morgan fingerprint density at radius 3 is 1.90 bits per heavy atom. The lowest BCUT2D eigenvalue weighted by molar-refractivity contribution is -0.253. The van der Waals surface area contributed by atoms with Crippen molar-refractivity contribution in [2.75, 3.05) is 6.61 Å². The summed E-state index contributed by atoms with van der Waals surface area (Å²) < 4.78 is 57.2. The second kappa shape index (κ2) is 15.0. The van der Waals surface area contributed by atoms with Crippen molar-refractivity contribution in [1.29, 1.82) is 0 Å². The van der Waals surface area contributed by atoms with Crippen molar-refractivity contribution in [3.8, 4) is 0 Å². The number of esters is 4. The SMILES string of the molecule is CC(=O)N[C@H]1[C@H]([C@H](OC(C)=O)[C@@H](COC(C)=O)OC(C)=O)O[C@@](NC(=O)[C@H]2O[C@@H]3OC(C)(C)O[C@@H]3[C@H]3OC(C)(C)O[C@H]32)(C(=O)O)C[C@@H]1OC(C)=O. The van der Waals surface area contributed by atoms with Crippen molar-refractivity contribution in [2.24, 2.45) is 0 Å². The van der Waals surface area contributed by atoms with Crippen LogP contribution in [0.2, 0.25) is 0 Å². The molecule has 286 valence electrons. The minimum atomic E-state index is -2.81. The Hall–Kier alpha value is -3.95. The van der Waals surface area contributed by atoms with E-state index in [0.717, 1.165) is 34.6 Å². The zero-order chi connectivity index (χ0) is 38.2. The predicted molar refractivity (Wildman–Crippen MR) is 161 cm³/mol. The normalized spacial score (nSPS) is 34.4. The molecule has 4 heterocycles. The summed E-state index contributed by atoms with van der Waals surface area (Å²) in [5, 5.41) is 15.5. The molecule has 3 N–H and O–H groups in total. The van der Waals surface area contributed by atoms with Crippen LogP contribution in [0.3, 0.4) is 0 Å². The van der Waals surface area contributed by atoms with Crippen molar-refractivity contribution < 1.29 is 86.0 Å². The first-order chi connectivity index (χ1) is 23.5. The highest BCUT2D eigenvalue weighted by Crippen LogP contribution is 2.44. The number of ether oxygens (including phenoxy) is 10. The molecule has 20 heteroatoms. The number of rotatable bonds is 11. The molecular weight excluding hydrogens is 688 g/mol. The van der Waals surface area contributed by atoms with Gasteiger partial charge in [0.1, 0.15) is 37.1 Å². The summed E-state index contributed by atoms with van der Waals surface area (Å²) in [6.45, 7) is 10.9. The number of carboxylic acid groups (broad SMARTS) is 1. The highest BCUT2D eigenvalue weighted by Gasteiger charge is 2.64. The van der Waals surface area contributed by atoms with Crippen LogP contribution in [-0.4, -0.2) is 132 Å². The smallest absolute Gasteiger partial charge is 0.357 e. The van der Waals surface area contributed by atoms with Crippen LogP contribution in [0, 0.1) is 0 Å². The Labute approximate surface area is 292 Å². The number of carbonyl (C=O) groups excluding carboxylic acids is 6. The second-order valence-corrected chi connectivity index (χ2v) is 13.4. The molecule has 2 amide bonds. The maximum Gasteiger partial charge on any atom is 0.357 e. The van der Waals surface area contributed by atoms with E-state index in [2.05, 4.69) is 10.6 Å². The molecule has 51 heavy (non-hydrogen) atoms. The van der Waals surface area contributed by atoms with Crippen LogP contribution < -0.4 is 10.6 Å². The molecule has 0 bridgehead atoms. The highest BCUT2D eigenvalue weighted by molar-refractivity contribution is 5.89. The molecule has 0 aliphatic carbocycles. The summed E-state index contributed by atoms with van der Waals surface area (Å²) >= 11 is 0. The van der Waals surface area contributed by atoms with E-state index < -0.39 is 133 Å². The van der Waals surface area contributed by atoms with E-state index in [1.807, 2.05) is 0 Å². The summed E-state index contributed by atoms with van der Waals surface area (Å²) in [5.41, 5.74) is -2.81. The number of carboxylic acids is 1. The Bertz CT molecular complexity index is 1420. The second-order valence-electron chi connectivity index (χ2n) is 13.4. The molecule has 4 aliphatic rings. The fourth-order valence-electron chi connectivity index (χ4n) is 6.50. The van der Waals surface area contributed by atoms with Crippen molar-refractivity contribution in [1.82, 2.24) is 10.6 Å².